The second kappa shape index (κ2) is 4.87. The van der Waals surface area contributed by atoms with Crippen molar-refractivity contribution in [2.45, 2.75) is 4.90 Å². The largest absolute Gasteiger partial charge is 0.493 e. The van der Waals surface area contributed by atoms with Crippen molar-refractivity contribution in [2.24, 2.45) is 0 Å². The van der Waals surface area contributed by atoms with Crippen LogP contribution < -0.4 is 0 Å². The molecule has 0 aliphatic carbocycles. The molecule has 0 aliphatic heterocycles. The first-order valence-electron chi connectivity index (χ1n) is 5.85. The van der Waals surface area contributed by atoms with Crippen molar-refractivity contribution in [2.75, 3.05) is 0 Å². The number of hydrogen-bond acceptors (Lipinski definition) is 4. The van der Waals surface area contributed by atoms with Crippen LogP contribution in [-0.2, 0) is 10.0 Å². The molecule has 3 rings (SSSR count). The smallest absolute Gasteiger partial charge is 0.271 e. The maximum absolute atomic E-state index is 12.6. The number of hydrogen-bond donors (Lipinski definition) is 2. The van der Waals surface area contributed by atoms with Gasteiger partial charge in [0.2, 0.25) is 5.88 Å². The van der Waals surface area contributed by atoms with Crippen LogP contribution in [0.5, 0.6) is 5.88 Å². The summed E-state index contributed by atoms with van der Waals surface area (Å²) in [5.74, 6) is -0.333. The summed E-state index contributed by atoms with van der Waals surface area (Å²) < 4.78 is 25.9. The van der Waals surface area contributed by atoms with E-state index in [1.807, 2.05) is 12.1 Å². The number of nitrogens with one attached hydrogen (secondary N) is 1. The number of fused-ring (bicyclic) bond motifs is 1. The van der Waals surface area contributed by atoms with E-state index in [9.17, 15) is 13.5 Å². The van der Waals surface area contributed by atoms with Crippen molar-refractivity contribution in [1.82, 2.24) is 8.96 Å². The van der Waals surface area contributed by atoms with Gasteiger partial charge in [0.05, 0.1) is 11.2 Å². The Morgan fingerprint density at radius 2 is 1.90 bits per heavy atom. The molecule has 1 heterocycles. The van der Waals surface area contributed by atoms with E-state index < -0.39 is 10.0 Å². The van der Waals surface area contributed by atoms with Gasteiger partial charge in [-0.15, -0.1) is 0 Å². The van der Waals surface area contributed by atoms with Crippen molar-refractivity contribution in [3.05, 3.63) is 52.4 Å². The molecule has 0 amide bonds. The van der Waals surface area contributed by atoms with Crippen LogP contribution >= 0.6 is 23.8 Å². The van der Waals surface area contributed by atoms with Crippen molar-refractivity contribution in [1.29, 1.82) is 0 Å². The summed E-state index contributed by atoms with van der Waals surface area (Å²) in [6.45, 7) is 0. The molecule has 8 heteroatoms. The van der Waals surface area contributed by atoms with E-state index in [2.05, 4.69) is 4.98 Å². The molecule has 0 bridgehead atoms. The number of rotatable bonds is 2. The summed E-state index contributed by atoms with van der Waals surface area (Å²) in [7, 11) is -3.98. The predicted octanol–water partition coefficient (Wildman–Crippen LogP) is 3.29. The number of aromatic nitrogens is 2. The lowest BCUT2D eigenvalue weighted by atomic mass is 10.1. The number of imidazole rings is 1. The summed E-state index contributed by atoms with van der Waals surface area (Å²) in [4.78, 5) is 2.28. The second-order valence-corrected chi connectivity index (χ2v) is 6.89. The molecule has 0 saturated heterocycles. The Morgan fingerprint density at radius 3 is 2.57 bits per heavy atom. The van der Waals surface area contributed by atoms with Crippen LogP contribution in [0.1, 0.15) is 0 Å². The van der Waals surface area contributed by atoms with Gasteiger partial charge in [-0.2, -0.15) is 0 Å². The lowest BCUT2D eigenvalue weighted by Crippen LogP contribution is -2.12. The van der Waals surface area contributed by atoms with E-state index >= 15 is 0 Å². The van der Waals surface area contributed by atoms with Crippen LogP contribution in [0, 0.1) is 4.77 Å². The van der Waals surface area contributed by atoms with Crippen molar-refractivity contribution in [3.63, 3.8) is 0 Å². The summed E-state index contributed by atoms with van der Waals surface area (Å²) in [6.07, 6.45) is 1.00. The Labute approximate surface area is 130 Å². The second-order valence-electron chi connectivity index (χ2n) is 4.34. The summed E-state index contributed by atoms with van der Waals surface area (Å²) >= 11 is 11.1. The minimum Gasteiger partial charge on any atom is -0.493 e. The van der Waals surface area contributed by atoms with E-state index in [-0.39, 0.29) is 20.6 Å². The first-order valence-corrected chi connectivity index (χ1v) is 8.07. The lowest BCUT2D eigenvalue weighted by molar-refractivity contribution is 0.456. The predicted molar refractivity (Wildman–Crippen MR) is 82.8 cm³/mol. The van der Waals surface area contributed by atoms with Crippen molar-refractivity contribution >= 4 is 44.6 Å². The third kappa shape index (κ3) is 2.23. The quantitative estimate of drug-likeness (QED) is 0.702. The lowest BCUT2D eigenvalue weighted by Gasteiger charge is -2.09. The van der Waals surface area contributed by atoms with Gasteiger partial charge < -0.3 is 10.1 Å². The summed E-state index contributed by atoms with van der Waals surface area (Å²) in [5.41, 5.74) is 0. The SMILES string of the molecule is O=S(=O)(c1ccc2ccccc2c1Cl)n1cc(O)[nH]c1=S. The molecular formula is C13H9ClN2O3S2. The van der Waals surface area contributed by atoms with Gasteiger partial charge in [-0.25, -0.2) is 12.4 Å². The number of aromatic amines is 1. The van der Waals surface area contributed by atoms with Crippen LogP contribution in [0.15, 0.2) is 47.5 Å². The van der Waals surface area contributed by atoms with Gasteiger partial charge in [-0.3, -0.25) is 0 Å². The summed E-state index contributed by atoms with van der Waals surface area (Å²) in [5, 5.41) is 10.9. The molecule has 0 fully saturated rings. The Hall–Kier alpha value is -1.83. The molecule has 2 N–H and O–H groups in total. The molecule has 0 radical (unpaired) electrons. The van der Waals surface area contributed by atoms with Crippen LogP contribution in [0.25, 0.3) is 10.8 Å². The highest BCUT2D eigenvalue weighted by atomic mass is 35.5. The Kier molecular flexibility index (Phi) is 3.27. The van der Waals surface area contributed by atoms with Crippen LogP contribution in [0.3, 0.4) is 0 Å². The molecule has 21 heavy (non-hydrogen) atoms. The highest BCUT2D eigenvalue weighted by Crippen LogP contribution is 2.31. The topological polar surface area (TPSA) is 75.1 Å². The van der Waals surface area contributed by atoms with E-state index in [1.54, 1.807) is 18.2 Å². The maximum Gasteiger partial charge on any atom is 0.271 e. The molecule has 0 saturated carbocycles. The van der Waals surface area contributed by atoms with E-state index in [0.29, 0.717) is 5.39 Å². The summed E-state index contributed by atoms with van der Waals surface area (Å²) in [6, 6.07) is 10.3. The zero-order chi connectivity index (χ0) is 15.2. The minimum atomic E-state index is -3.98. The fourth-order valence-electron chi connectivity index (χ4n) is 2.06. The van der Waals surface area contributed by atoms with Crippen LogP contribution in [0.2, 0.25) is 5.02 Å². The highest BCUT2D eigenvalue weighted by molar-refractivity contribution is 7.90. The van der Waals surface area contributed by atoms with E-state index in [0.717, 1.165) is 15.6 Å². The van der Waals surface area contributed by atoms with Gasteiger partial charge in [-0.05, 0) is 23.7 Å². The zero-order valence-electron chi connectivity index (χ0n) is 10.4. The number of nitrogens with zero attached hydrogens (tertiary/aromatic N) is 1. The number of H-pyrrole nitrogens is 1. The van der Waals surface area contributed by atoms with Gasteiger partial charge >= 0.3 is 0 Å². The average Bonchev–Trinajstić information content (AvgIpc) is 2.79. The highest BCUT2D eigenvalue weighted by Gasteiger charge is 2.23. The first kappa shape index (κ1) is 14.1. The fourth-order valence-corrected chi connectivity index (χ4v) is 4.33. The molecule has 0 spiro atoms. The fraction of sp³-hybridized carbons (Fsp3) is 0. The van der Waals surface area contributed by atoms with Gasteiger partial charge in [0.25, 0.3) is 10.0 Å². The molecule has 5 nitrogen and oxygen atoms in total. The van der Waals surface area contributed by atoms with Gasteiger partial charge in [0.15, 0.2) is 4.77 Å². The molecule has 0 atom stereocenters. The van der Waals surface area contributed by atoms with E-state index in [1.165, 1.54) is 6.07 Å². The molecule has 2 aromatic carbocycles. The van der Waals surface area contributed by atoms with Crippen LogP contribution in [0.4, 0.5) is 0 Å². The minimum absolute atomic E-state index is 0.0713. The normalized spacial score (nSPS) is 11.9. The number of aromatic hydroxyl groups is 1. The molecule has 1 aromatic heterocycles. The van der Waals surface area contributed by atoms with Crippen molar-refractivity contribution < 1.29 is 13.5 Å². The van der Waals surface area contributed by atoms with Crippen molar-refractivity contribution in [3.8, 4) is 5.88 Å². The molecule has 3 aromatic rings. The van der Waals surface area contributed by atoms with Gasteiger partial charge in [0.1, 0.15) is 4.90 Å². The van der Waals surface area contributed by atoms with Gasteiger partial charge in [0, 0.05) is 5.39 Å². The third-order valence-electron chi connectivity index (χ3n) is 3.04. The Morgan fingerprint density at radius 1 is 1.19 bits per heavy atom. The molecule has 108 valence electrons. The van der Waals surface area contributed by atoms with E-state index in [4.69, 9.17) is 23.8 Å². The Bertz CT molecular complexity index is 1010. The number of halogens is 1. The van der Waals surface area contributed by atoms with Gasteiger partial charge in [-0.1, -0.05) is 41.9 Å². The maximum atomic E-state index is 12.6. The number of benzene rings is 2. The monoisotopic (exact) mass is 340 g/mol. The molecular weight excluding hydrogens is 332 g/mol. The third-order valence-corrected chi connectivity index (χ3v) is 5.67. The Balaban J connectivity index is 2.32. The molecule has 0 aliphatic rings. The zero-order valence-corrected chi connectivity index (χ0v) is 12.8. The first-order chi connectivity index (χ1) is 9.91. The average molecular weight is 341 g/mol. The van der Waals surface area contributed by atoms with Crippen LogP contribution in [-0.4, -0.2) is 22.5 Å². The standard InChI is InChI=1S/C13H9ClN2O3S2/c14-12-9-4-2-1-3-8(9)5-6-10(12)21(18,19)16-7-11(17)15-13(16)20/h1-7,17H,(H,15,20). The molecule has 0 unspecified atom stereocenters.